The van der Waals surface area contributed by atoms with Crippen LogP contribution in [0, 0.1) is 0 Å². The maximum Gasteiger partial charge on any atom is 0.188 e. The van der Waals surface area contributed by atoms with Gasteiger partial charge in [0.1, 0.15) is 6.33 Å². The van der Waals surface area contributed by atoms with E-state index in [1.807, 2.05) is 6.07 Å². The molecule has 0 aliphatic rings. The van der Waals surface area contributed by atoms with Gasteiger partial charge in [0.05, 0.1) is 0 Å². The Balaban J connectivity index is 2.13. The van der Waals surface area contributed by atoms with E-state index in [4.69, 9.17) is 0 Å². The molecule has 2 N–H and O–H groups in total. The first kappa shape index (κ1) is 11.2. The quantitative estimate of drug-likeness (QED) is 0.831. The number of nitrogens with one attached hydrogen (secondary N) is 2. The van der Waals surface area contributed by atoms with Crippen molar-refractivity contribution in [3.8, 4) is 0 Å². The number of rotatable bonds is 5. The molecule has 4 nitrogen and oxygen atoms in total. The molecule has 1 aromatic carbocycles. The summed E-state index contributed by atoms with van der Waals surface area (Å²) >= 11 is 1.60. The lowest BCUT2D eigenvalue weighted by atomic mass is 10.2. The molecule has 16 heavy (non-hydrogen) atoms. The van der Waals surface area contributed by atoms with Gasteiger partial charge in [0.15, 0.2) is 5.16 Å². The van der Waals surface area contributed by atoms with Gasteiger partial charge in [0.2, 0.25) is 0 Å². The van der Waals surface area contributed by atoms with Gasteiger partial charge in [-0.15, -0.1) is 0 Å². The maximum absolute atomic E-state index is 4.11. The molecule has 0 fully saturated rings. The van der Waals surface area contributed by atoms with Gasteiger partial charge < -0.3 is 5.32 Å². The Morgan fingerprint density at radius 2 is 2.25 bits per heavy atom. The molecule has 1 heterocycles. The summed E-state index contributed by atoms with van der Waals surface area (Å²) in [6, 6.07) is 8.31. The second kappa shape index (κ2) is 5.67. The van der Waals surface area contributed by atoms with Crippen molar-refractivity contribution >= 4 is 11.8 Å². The summed E-state index contributed by atoms with van der Waals surface area (Å²) in [4.78, 5) is 5.32. The van der Waals surface area contributed by atoms with E-state index in [1.165, 1.54) is 16.8 Å². The van der Waals surface area contributed by atoms with Gasteiger partial charge in [-0.3, -0.25) is 5.10 Å². The van der Waals surface area contributed by atoms with Gasteiger partial charge in [-0.1, -0.05) is 36.9 Å². The van der Waals surface area contributed by atoms with E-state index in [-0.39, 0.29) is 0 Å². The minimum atomic E-state index is 0.823. The number of benzene rings is 1. The molecule has 0 radical (unpaired) electrons. The highest BCUT2D eigenvalue weighted by atomic mass is 32.2. The van der Waals surface area contributed by atoms with Crippen molar-refractivity contribution in [2.45, 2.75) is 23.5 Å². The molecule has 0 aliphatic heterocycles. The van der Waals surface area contributed by atoms with Crippen LogP contribution in [0.1, 0.15) is 12.5 Å². The predicted octanol–water partition coefficient (Wildman–Crippen LogP) is 2.07. The van der Waals surface area contributed by atoms with Gasteiger partial charge in [-0.2, -0.15) is 5.10 Å². The summed E-state index contributed by atoms with van der Waals surface area (Å²) < 4.78 is 0. The van der Waals surface area contributed by atoms with E-state index in [2.05, 4.69) is 45.6 Å². The van der Waals surface area contributed by atoms with E-state index >= 15 is 0 Å². The fraction of sp³-hybridized carbons (Fsp3) is 0.273. The van der Waals surface area contributed by atoms with Crippen molar-refractivity contribution in [3.63, 3.8) is 0 Å². The van der Waals surface area contributed by atoms with Crippen LogP contribution in [0.15, 0.2) is 40.6 Å². The van der Waals surface area contributed by atoms with Crippen LogP contribution < -0.4 is 5.32 Å². The first-order chi connectivity index (χ1) is 7.90. The third-order valence-corrected chi connectivity index (χ3v) is 3.15. The Kier molecular flexibility index (Phi) is 3.96. The molecule has 84 valence electrons. The van der Waals surface area contributed by atoms with Crippen LogP contribution in [-0.2, 0) is 6.54 Å². The van der Waals surface area contributed by atoms with Gasteiger partial charge in [-0.25, -0.2) is 4.98 Å². The lowest BCUT2D eigenvalue weighted by Gasteiger charge is -2.07. The van der Waals surface area contributed by atoms with Crippen LogP contribution in [0.4, 0.5) is 0 Å². The molecule has 0 bridgehead atoms. The molecule has 0 saturated heterocycles. The fourth-order valence-electron chi connectivity index (χ4n) is 1.36. The van der Waals surface area contributed by atoms with E-state index in [0.717, 1.165) is 18.2 Å². The first-order valence-electron chi connectivity index (χ1n) is 5.22. The molecule has 5 heteroatoms. The zero-order valence-corrected chi connectivity index (χ0v) is 9.92. The van der Waals surface area contributed by atoms with Crippen molar-refractivity contribution in [1.82, 2.24) is 20.5 Å². The molecular weight excluding hydrogens is 220 g/mol. The topological polar surface area (TPSA) is 53.6 Å². The number of aromatic amines is 1. The summed E-state index contributed by atoms with van der Waals surface area (Å²) in [6.45, 7) is 3.96. The van der Waals surface area contributed by atoms with Crippen molar-refractivity contribution in [1.29, 1.82) is 0 Å². The average Bonchev–Trinajstić information content (AvgIpc) is 2.81. The Bertz CT molecular complexity index is 427. The molecule has 0 aliphatic carbocycles. The van der Waals surface area contributed by atoms with Crippen LogP contribution >= 0.6 is 11.8 Å². The highest BCUT2D eigenvalue weighted by Gasteiger charge is 2.04. The summed E-state index contributed by atoms with van der Waals surface area (Å²) in [7, 11) is 0. The summed E-state index contributed by atoms with van der Waals surface area (Å²) in [6.07, 6.45) is 1.52. The number of hydrogen-bond acceptors (Lipinski definition) is 4. The van der Waals surface area contributed by atoms with Gasteiger partial charge in [0, 0.05) is 11.4 Å². The molecule has 0 spiro atoms. The number of nitrogens with zero attached hydrogens (tertiary/aromatic N) is 2. The zero-order chi connectivity index (χ0) is 11.2. The van der Waals surface area contributed by atoms with Gasteiger partial charge in [-0.05, 0) is 18.2 Å². The normalized spacial score (nSPS) is 10.6. The van der Waals surface area contributed by atoms with Crippen LogP contribution in [0.3, 0.4) is 0 Å². The third-order valence-electron chi connectivity index (χ3n) is 2.14. The van der Waals surface area contributed by atoms with Crippen molar-refractivity contribution < 1.29 is 0 Å². The smallest absolute Gasteiger partial charge is 0.188 e. The van der Waals surface area contributed by atoms with Gasteiger partial charge >= 0.3 is 0 Å². The SMILES string of the molecule is CCNCc1ccccc1Sc1ncn[nH]1. The second-order valence-electron chi connectivity index (χ2n) is 3.28. The van der Waals surface area contributed by atoms with E-state index in [9.17, 15) is 0 Å². The highest BCUT2D eigenvalue weighted by molar-refractivity contribution is 7.99. The van der Waals surface area contributed by atoms with E-state index < -0.39 is 0 Å². The number of aromatic nitrogens is 3. The highest BCUT2D eigenvalue weighted by Crippen LogP contribution is 2.27. The van der Waals surface area contributed by atoms with Crippen LogP contribution in [0.25, 0.3) is 0 Å². The predicted molar refractivity (Wildman–Crippen MR) is 64.3 cm³/mol. The Morgan fingerprint density at radius 1 is 1.38 bits per heavy atom. The van der Waals surface area contributed by atoms with E-state index in [0.29, 0.717) is 0 Å². The molecular formula is C11H14N4S. The molecule has 2 aromatic rings. The molecule has 0 saturated carbocycles. The van der Waals surface area contributed by atoms with Crippen LogP contribution in [0.2, 0.25) is 0 Å². The first-order valence-corrected chi connectivity index (χ1v) is 6.03. The molecule has 2 rings (SSSR count). The van der Waals surface area contributed by atoms with Crippen molar-refractivity contribution in [2.24, 2.45) is 0 Å². The number of H-pyrrole nitrogens is 1. The summed E-state index contributed by atoms with van der Waals surface area (Å²) in [5.41, 5.74) is 1.28. The molecule has 1 aromatic heterocycles. The monoisotopic (exact) mass is 234 g/mol. The number of hydrogen-bond donors (Lipinski definition) is 2. The molecule has 0 amide bonds. The largest absolute Gasteiger partial charge is 0.313 e. The minimum absolute atomic E-state index is 0.823. The average molecular weight is 234 g/mol. The van der Waals surface area contributed by atoms with Gasteiger partial charge in [0.25, 0.3) is 0 Å². The van der Waals surface area contributed by atoms with Crippen LogP contribution in [-0.4, -0.2) is 21.7 Å². The lowest BCUT2D eigenvalue weighted by Crippen LogP contribution is -2.12. The maximum atomic E-state index is 4.11. The standard InChI is InChI=1S/C11H14N4S/c1-2-12-7-9-5-3-4-6-10(9)16-11-13-8-14-15-11/h3-6,8,12H,2,7H2,1H3,(H,13,14,15). The Labute approximate surface area is 98.9 Å². The van der Waals surface area contributed by atoms with E-state index in [1.54, 1.807) is 11.8 Å². The zero-order valence-electron chi connectivity index (χ0n) is 9.10. The molecule has 0 unspecified atom stereocenters. The fourth-order valence-corrected chi connectivity index (χ4v) is 2.18. The molecule has 0 atom stereocenters. The Morgan fingerprint density at radius 3 is 3.00 bits per heavy atom. The summed E-state index contributed by atoms with van der Waals surface area (Å²) in [5.74, 6) is 0. The Hall–Kier alpha value is -1.33. The third kappa shape index (κ3) is 2.84. The lowest BCUT2D eigenvalue weighted by molar-refractivity contribution is 0.718. The van der Waals surface area contributed by atoms with Crippen LogP contribution in [0.5, 0.6) is 0 Å². The summed E-state index contributed by atoms with van der Waals surface area (Å²) in [5, 5.41) is 10.8. The van der Waals surface area contributed by atoms with Crippen molar-refractivity contribution in [3.05, 3.63) is 36.2 Å². The second-order valence-corrected chi connectivity index (χ2v) is 4.31. The minimum Gasteiger partial charge on any atom is -0.313 e. The van der Waals surface area contributed by atoms with Crippen molar-refractivity contribution in [2.75, 3.05) is 6.54 Å².